The van der Waals surface area contributed by atoms with Crippen LogP contribution in [-0.4, -0.2) is 52.2 Å². The van der Waals surface area contributed by atoms with E-state index in [0.717, 1.165) is 5.56 Å². The van der Waals surface area contributed by atoms with Crippen LogP contribution in [0.5, 0.6) is 0 Å². The lowest BCUT2D eigenvalue weighted by Gasteiger charge is -2.39. The molecule has 1 unspecified atom stereocenters. The van der Waals surface area contributed by atoms with Gasteiger partial charge >= 0.3 is 12.1 Å². The van der Waals surface area contributed by atoms with Gasteiger partial charge in [-0.3, -0.25) is 14.5 Å². The molecule has 3 atom stereocenters. The number of amides is 2. The lowest BCUT2D eigenvalue weighted by molar-refractivity contribution is -0.142. The van der Waals surface area contributed by atoms with Crippen molar-refractivity contribution >= 4 is 18.0 Å². The van der Waals surface area contributed by atoms with Crippen molar-refractivity contribution in [3.05, 3.63) is 35.9 Å². The van der Waals surface area contributed by atoms with Crippen molar-refractivity contribution in [2.24, 2.45) is 0 Å². The fraction of sp³-hybridized carbons (Fsp3) is 0.550. The summed E-state index contributed by atoms with van der Waals surface area (Å²) in [6, 6.07) is 8.01. The summed E-state index contributed by atoms with van der Waals surface area (Å²) in [7, 11) is 0. The van der Waals surface area contributed by atoms with E-state index in [1.54, 1.807) is 20.8 Å². The lowest BCUT2D eigenvalue weighted by atomic mass is 9.85. The van der Waals surface area contributed by atoms with Crippen molar-refractivity contribution < 1.29 is 24.2 Å². The van der Waals surface area contributed by atoms with E-state index in [-0.39, 0.29) is 5.92 Å². The third kappa shape index (κ3) is 5.70. The van der Waals surface area contributed by atoms with Gasteiger partial charge in [-0.15, -0.1) is 0 Å². The number of carbonyl (C=O) groups excluding carboxylic acids is 2. The molecule has 1 aliphatic heterocycles. The molecule has 0 saturated carbocycles. The molecule has 1 aliphatic rings. The molecular weight excluding hydrogens is 348 g/mol. The zero-order chi connectivity index (χ0) is 20.2. The van der Waals surface area contributed by atoms with E-state index in [0.29, 0.717) is 19.4 Å². The third-order valence-corrected chi connectivity index (χ3v) is 4.53. The Morgan fingerprint density at radius 1 is 1.22 bits per heavy atom. The fourth-order valence-electron chi connectivity index (χ4n) is 3.15. The molecule has 0 radical (unpaired) electrons. The number of ether oxygens (including phenoxy) is 1. The van der Waals surface area contributed by atoms with Gasteiger partial charge in [-0.1, -0.05) is 30.3 Å². The first-order valence-electron chi connectivity index (χ1n) is 9.16. The third-order valence-electron chi connectivity index (χ3n) is 4.53. The molecule has 1 fully saturated rings. The molecule has 2 amide bonds. The van der Waals surface area contributed by atoms with Gasteiger partial charge in [0.15, 0.2) is 0 Å². The summed E-state index contributed by atoms with van der Waals surface area (Å²) in [5.41, 5.74) is 0.424. The Hall–Kier alpha value is -2.57. The minimum atomic E-state index is -1.12. The van der Waals surface area contributed by atoms with Gasteiger partial charge in [-0.05, 0) is 52.0 Å². The van der Waals surface area contributed by atoms with Crippen LogP contribution in [0.15, 0.2) is 30.3 Å². The molecule has 0 aromatic heterocycles. The van der Waals surface area contributed by atoms with Gasteiger partial charge in [-0.25, -0.2) is 4.79 Å². The van der Waals surface area contributed by atoms with Crippen LogP contribution in [0.1, 0.15) is 52.0 Å². The number of likely N-dealkylation sites (tertiary alicyclic amines) is 1. The summed E-state index contributed by atoms with van der Waals surface area (Å²) in [6.07, 6.45) is 0.570. The highest BCUT2D eigenvalue weighted by molar-refractivity contribution is 5.89. The standard InChI is InChI=1S/C20H28N2O5/c1-13(18(24)25)21-17(23)16-12-15(14-8-6-5-7-9-14)10-11-22(16)19(26)27-20(2,3)4/h5-9,13,15-16H,10-12H2,1-4H3,(H,21,23)(H,24,25)/t13?,15-,16+/m0/s1. The highest BCUT2D eigenvalue weighted by atomic mass is 16.6. The fourth-order valence-corrected chi connectivity index (χ4v) is 3.15. The Morgan fingerprint density at radius 3 is 2.41 bits per heavy atom. The van der Waals surface area contributed by atoms with Crippen LogP contribution in [0, 0.1) is 0 Å². The van der Waals surface area contributed by atoms with Crippen LogP contribution in [0.4, 0.5) is 4.79 Å². The van der Waals surface area contributed by atoms with Crippen molar-refractivity contribution in [1.82, 2.24) is 10.2 Å². The molecule has 1 saturated heterocycles. The molecular formula is C20H28N2O5. The average molecular weight is 376 g/mol. The van der Waals surface area contributed by atoms with Gasteiger partial charge in [0.2, 0.25) is 5.91 Å². The van der Waals surface area contributed by atoms with Crippen molar-refractivity contribution in [3.63, 3.8) is 0 Å². The predicted molar refractivity (Wildman–Crippen MR) is 100 cm³/mol. The van der Waals surface area contributed by atoms with E-state index in [9.17, 15) is 14.4 Å². The maximum atomic E-state index is 12.7. The first-order chi connectivity index (χ1) is 12.6. The second kappa shape index (κ2) is 8.41. The highest BCUT2D eigenvalue weighted by Crippen LogP contribution is 2.32. The second-order valence-corrected chi connectivity index (χ2v) is 7.89. The molecule has 7 nitrogen and oxygen atoms in total. The SMILES string of the molecule is CC(NC(=O)[C@H]1C[C@@H](c2ccccc2)CCN1C(=O)OC(C)(C)C)C(=O)O. The number of hydrogen-bond donors (Lipinski definition) is 2. The molecule has 0 aliphatic carbocycles. The van der Waals surface area contributed by atoms with E-state index in [1.807, 2.05) is 30.3 Å². The molecule has 1 aromatic rings. The summed E-state index contributed by atoms with van der Waals surface area (Å²) < 4.78 is 5.44. The van der Waals surface area contributed by atoms with Crippen LogP contribution in [0.25, 0.3) is 0 Å². The number of carboxylic acids is 1. The molecule has 2 rings (SSSR count). The van der Waals surface area contributed by atoms with E-state index < -0.39 is 35.7 Å². The maximum absolute atomic E-state index is 12.7. The second-order valence-electron chi connectivity index (χ2n) is 7.89. The highest BCUT2D eigenvalue weighted by Gasteiger charge is 2.39. The van der Waals surface area contributed by atoms with Gasteiger partial charge in [0.05, 0.1) is 0 Å². The number of nitrogens with zero attached hydrogens (tertiary/aromatic N) is 1. The van der Waals surface area contributed by atoms with Crippen molar-refractivity contribution in [3.8, 4) is 0 Å². The number of rotatable bonds is 4. The maximum Gasteiger partial charge on any atom is 0.410 e. The largest absolute Gasteiger partial charge is 0.480 e. The van der Waals surface area contributed by atoms with E-state index in [2.05, 4.69) is 5.32 Å². The van der Waals surface area contributed by atoms with Crippen molar-refractivity contribution in [2.75, 3.05) is 6.54 Å². The Balaban J connectivity index is 2.21. The molecule has 1 heterocycles. The van der Waals surface area contributed by atoms with E-state index in [4.69, 9.17) is 9.84 Å². The number of carboxylic acid groups (broad SMARTS) is 1. The average Bonchev–Trinajstić information content (AvgIpc) is 2.60. The molecule has 1 aromatic carbocycles. The van der Waals surface area contributed by atoms with Gasteiger partial charge in [0.1, 0.15) is 17.7 Å². The van der Waals surface area contributed by atoms with E-state index >= 15 is 0 Å². The monoisotopic (exact) mass is 376 g/mol. The summed E-state index contributed by atoms with van der Waals surface area (Å²) in [4.78, 5) is 37.8. The van der Waals surface area contributed by atoms with Gasteiger partial charge < -0.3 is 15.2 Å². The van der Waals surface area contributed by atoms with Gasteiger partial charge in [-0.2, -0.15) is 0 Å². The first-order valence-corrected chi connectivity index (χ1v) is 9.16. The molecule has 2 N–H and O–H groups in total. The summed E-state index contributed by atoms with van der Waals surface area (Å²) >= 11 is 0. The quantitative estimate of drug-likeness (QED) is 0.842. The minimum absolute atomic E-state index is 0.112. The molecule has 7 heteroatoms. The number of benzene rings is 1. The van der Waals surface area contributed by atoms with Crippen LogP contribution in [-0.2, 0) is 14.3 Å². The van der Waals surface area contributed by atoms with Gasteiger partial charge in [0.25, 0.3) is 0 Å². The minimum Gasteiger partial charge on any atom is -0.480 e. The number of nitrogens with one attached hydrogen (secondary N) is 1. The smallest absolute Gasteiger partial charge is 0.410 e. The zero-order valence-electron chi connectivity index (χ0n) is 16.3. The normalized spacial score (nSPS) is 21.3. The topological polar surface area (TPSA) is 95.9 Å². The number of piperidine rings is 1. The number of aliphatic carboxylic acids is 1. The Labute approximate surface area is 159 Å². The molecule has 27 heavy (non-hydrogen) atoms. The Morgan fingerprint density at radius 2 is 1.85 bits per heavy atom. The van der Waals surface area contributed by atoms with Crippen LogP contribution >= 0.6 is 0 Å². The Kier molecular flexibility index (Phi) is 6.46. The van der Waals surface area contributed by atoms with Crippen LogP contribution < -0.4 is 5.32 Å². The summed E-state index contributed by atoms with van der Waals surface area (Å²) in [5.74, 6) is -1.49. The molecule has 0 spiro atoms. The van der Waals surface area contributed by atoms with Crippen molar-refractivity contribution in [2.45, 2.75) is 64.1 Å². The Bertz CT molecular complexity index is 683. The van der Waals surface area contributed by atoms with Gasteiger partial charge in [0, 0.05) is 6.54 Å². The van der Waals surface area contributed by atoms with Crippen molar-refractivity contribution in [1.29, 1.82) is 0 Å². The van der Waals surface area contributed by atoms with Crippen LogP contribution in [0.2, 0.25) is 0 Å². The zero-order valence-corrected chi connectivity index (χ0v) is 16.3. The molecule has 148 valence electrons. The van der Waals surface area contributed by atoms with E-state index in [1.165, 1.54) is 11.8 Å². The predicted octanol–water partition coefficient (Wildman–Crippen LogP) is 2.76. The molecule has 0 bridgehead atoms. The number of hydrogen-bond acceptors (Lipinski definition) is 4. The summed E-state index contributed by atoms with van der Waals surface area (Å²) in [6.45, 7) is 7.07. The number of carbonyl (C=O) groups is 3. The summed E-state index contributed by atoms with van der Waals surface area (Å²) in [5, 5.41) is 11.5. The lowest BCUT2D eigenvalue weighted by Crippen LogP contribution is -2.56. The van der Waals surface area contributed by atoms with Crippen LogP contribution in [0.3, 0.4) is 0 Å². The first kappa shape index (κ1) is 20.7.